The molecular formula is C18H28N2O. The monoisotopic (exact) mass is 288 g/mol. The smallest absolute Gasteiger partial charge is 0.119 e. The lowest BCUT2D eigenvalue weighted by molar-refractivity contribution is 0.00274. The standard InChI is InChI=1S/C18H25NO.H3N/c1-19-10-9-18-8-4-3-5-15(18)17(19)11-13-6-7-14(20-2)12-16(13)18;/h6-7,12,15,17H,3-5,8-11H2,1-2H3;1H3/t15-,17+,18+;/m1./s1. The maximum absolute atomic E-state index is 5.51. The summed E-state index contributed by atoms with van der Waals surface area (Å²) in [7, 11) is 4.12. The molecule has 21 heavy (non-hydrogen) atoms. The van der Waals surface area contributed by atoms with Crippen LogP contribution in [0.1, 0.15) is 43.2 Å². The summed E-state index contributed by atoms with van der Waals surface area (Å²) in [5.41, 5.74) is 3.67. The molecule has 3 N–H and O–H groups in total. The van der Waals surface area contributed by atoms with E-state index in [0.717, 1.165) is 17.7 Å². The summed E-state index contributed by atoms with van der Waals surface area (Å²) in [5, 5.41) is 0. The van der Waals surface area contributed by atoms with Crippen molar-refractivity contribution in [3.63, 3.8) is 0 Å². The second-order valence-corrected chi connectivity index (χ2v) is 7.03. The average Bonchev–Trinajstić information content (AvgIpc) is 2.50. The Morgan fingerprint density at radius 1 is 1.24 bits per heavy atom. The second-order valence-electron chi connectivity index (χ2n) is 7.03. The van der Waals surface area contributed by atoms with Crippen LogP contribution >= 0.6 is 0 Å². The number of hydrogen-bond donors (Lipinski definition) is 1. The Balaban J connectivity index is 0.00000132. The summed E-state index contributed by atoms with van der Waals surface area (Å²) in [6.45, 7) is 1.26. The molecule has 1 saturated heterocycles. The van der Waals surface area contributed by atoms with Crippen molar-refractivity contribution >= 4 is 0 Å². The molecule has 116 valence electrons. The van der Waals surface area contributed by atoms with E-state index in [1.165, 1.54) is 45.1 Å². The average molecular weight is 288 g/mol. The molecule has 3 aliphatic rings. The fraction of sp³-hybridized carbons (Fsp3) is 0.667. The van der Waals surface area contributed by atoms with Crippen molar-refractivity contribution < 1.29 is 4.74 Å². The maximum Gasteiger partial charge on any atom is 0.119 e. The van der Waals surface area contributed by atoms with Crippen molar-refractivity contribution in [2.24, 2.45) is 5.92 Å². The van der Waals surface area contributed by atoms with E-state index in [1.807, 2.05) is 0 Å². The molecule has 3 nitrogen and oxygen atoms in total. The number of methoxy groups -OCH3 is 1. The van der Waals surface area contributed by atoms with E-state index in [0.29, 0.717) is 5.41 Å². The fourth-order valence-electron chi connectivity index (χ4n) is 5.30. The SMILES string of the molecule is COc1ccc2c(c1)[C@]13CCCC[C@@H]1[C@H](C2)N(C)CC3.N. The Morgan fingerprint density at radius 2 is 2.10 bits per heavy atom. The Hall–Kier alpha value is -1.06. The Labute approximate surface area is 128 Å². The van der Waals surface area contributed by atoms with Crippen LogP contribution in [0, 0.1) is 5.92 Å². The van der Waals surface area contributed by atoms with Gasteiger partial charge in [-0.1, -0.05) is 18.9 Å². The zero-order chi connectivity index (χ0) is 13.7. The molecule has 2 bridgehead atoms. The molecule has 4 rings (SSSR count). The van der Waals surface area contributed by atoms with Gasteiger partial charge in [-0.3, -0.25) is 0 Å². The van der Waals surface area contributed by atoms with Crippen molar-refractivity contribution in [1.82, 2.24) is 11.1 Å². The normalized spacial score (nSPS) is 34.4. The summed E-state index contributed by atoms with van der Waals surface area (Å²) in [5.74, 6) is 1.91. The number of likely N-dealkylation sites (tertiary alicyclic amines) is 1. The largest absolute Gasteiger partial charge is 0.497 e. The minimum Gasteiger partial charge on any atom is -0.497 e. The van der Waals surface area contributed by atoms with Crippen LogP contribution in [-0.4, -0.2) is 31.6 Å². The van der Waals surface area contributed by atoms with Gasteiger partial charge < -0.3 is 15.8 Å². The van der Waals surface area contributed by atoms with Crippen molar-refractivity contribution in [2.75, 3.05) is 20.7 Å². The van der Waals surface area contributed by atoms with Crippen molar-refractivity contribution in [2.45, 2.75) is 50.0 Å². The number of hydrogen-bond acceptors (Lipinski definition) is 3. The molecule has 3 atom stereocenters. The van der Waals surface area contributed by atoms with Gasteiger partial charge in [0.15, 0.2) is 0 Å². The first kappa shape index (κ1) is 14.9. The number of likely N-dealkylation sites (N-methyl/N-ethyl adjacent to an activating group) is 1. The lowest BCUT2D eigenvalue weighted by Crippen LogP contribution is -2.59. The van der Waals surface area contributed by atoms with E-state index in [4.69, 9.17) is 4.74 Å². The number of fused-ring (bicyclic) bond motifs is 1. The molecule has 1 aromatic carbocycles. The first-order valence-electron chi connectivity index (χ1n) is 8.12. The third-order valence-corrected chi connectivity index (χ3v) is 6.32. The minimum absolute atomic E-state index is 0. The second kappa shape index (κ2) is 5.29. The van der Waals surface area contributed by atoms with Gasteiger partial charge in [-0.25, -0.2) is 0 Å². The van der Waals surface area contributed by atoms with Crippen LogP contribution in [0.25, 0.3) is 0 Å². The van der Waals surface area contributed by atoms with E-state index in [-0.39, 0.29) is 6.15 Å². The first-order valence-corrected chi connectivity index (χ1v) is 8.12. The molecule has 0 radical (unpaired) electrons. The molecule has 1 aliphatic heterocycles. The molecule has 3 heteroatoms. The molecule has 1 saturated carbocycles. The fourth-order valence-corrected chi connectivity index (χ4v) is 5.30. The Bertz CT molecular complexity index is 530. The highest BCUT2D eigenvalue weighted by atomic mass is 16.5. The summed E-state index contributed by atoms with van der Waals surface area (Å²) < 4.78 is 5.51. The quantitative estimate of drug-likeness (QED) is 0.859. The Morgan fingerprint density at radius 3 is 2.90 bits per heavy atom. The third-order valence-electron chi connectivity index (χ3n) is 6.32. The van der Waals surface area contributed by atoms with Crippen molar-refractivity contribution in [3.8, 4) is 5.75 Å². The highest BCUT2D eigenvalue weighted by Crippen LogP contribution is 2.55. The van der Waals surface area contributed by atoms with Gasteiger partial charge in [-0.2, -0.15) is 0 Å². The number of benzene rings is 1. The van der Waals surface area contributed by atoms with Gasteiger partial charge in [-0.15, -0.1) is 0 Å². The summed E-state index contributed by atoms with van der Waals surface area (Å²) >= 11 is 0. The van der Waals surface area contributed by atoms with Gasteiger partial charge in [0.1, 0.15) is 5.75 Å². The zero-order valence-electron chi connectivity index (χ0n) is 13.4. The van der Waals surface area contributed by atoms with Gasteiger partial charge in [0, 0.05) is 11.5 Å². The van der Waals surface area contributed by atoms with Gasteiger partial charge in [0.05, 0.1) is 7.11 Å². The molecule has 1 heterocycles. The van der Waals surface area contributed by atoms with Crippen LogP contribution in [0.2, 0.25) is 0 Å². The van der Waals surface area contributed by atoms with E-state index in [1.54, 1.807) is 18.2 Å². The van der Waals surface area contributed by atoms with E-state index in [2.05, 4.69) is 30.1 Å². The molecule has 2 aliphatic carbocycles. The van der Waals surface area contributed by atoms with Crippen molar-refractivity contribution in [1.29, 1.82) is 0 Å². The number of nitrogens with zero attached hydrogens (tertiary/aromatic N) is 1. The lowest BCUT2D eigenvalue weighted by Gasteiger charge is -2.58. The number of ether oxygens (including phenoxy) is 1. The van der Waals surface area contributed by atoms with Crippen LogP contribution in [0.3, 0.4) is 0 Å². The first-order chi connectivity index (χ1) is 9.74. The summed E-state index contributed by atoms with van der Waals surface area (Å²) in [4.78, 5) is 2.63. The summed E-state index contributed by atoms with van der Waals surface area (Å²) in [6.07, 6.45) is 8.22. The van der Waals surface area contributed by atoms with Gasteiger partial charge in [0.2, 0.25) is 0 Å². The van der Waals surface area contributed by atoms with Gasteiger partial charge in [0.25, 0.3) is 0 Å². The highest BCUT2D eigenvalue weighted by Gasteiger charge is 2.53. The van der Waals surface area contributed by atoms with Crippen molar-refractivity contribution in [3.05, 3.63) is 29.3 Å². The minimum atomic E-state index is 0. The van der Waals surface area contributed by atoms with Gasteiger partial charge >= 0.3 is 0 Å². The predicted octanol–water partition coefficient (Wildman–Crippen LogP) is 3.55. The third kappa shape index (κ3) is 2.01. The maximum atomic E-state index is 5.51. The van der Waals surface area contributed by atoms with Gasteiger partial charge in [-0.05, 0) is 68.5 Å². The van der Waals surface area contributed by atoms with Crippen LogP contribution in [-0.2, 0) is 11.8 Å². The molecule has 0 unspecified atom stereocenters. The predicted molar refractivity (Wildman–Crippen MR) is 86.4 cm³/mol. The van der Waals surface area contributed by atoms with E-state index < -0.39 is 0 Å². The molecule has 1 aromatic rings. The molecule has 0 amide bonds. The molecule has 0 aromatic heterocycles. The molecular weight excluding hydrogens is 260 g/mol. The van der Waals surface area contributed by atoms with E-state index in [9.17, 15) is 0 Å². The van der Waals surface area contributed by atoms with Crippen LogP contribution in [0.4, 0.5) is 0 Å². The zero-order valence-corrected chi connectivity index (χ0v) is 13.4. The van der Waals surface area contributed by atoms with Crippen LogP contribution in [0.5, 0.6) is 5.75 Å². The topological polar surface area (TPSA) is 47.5 Å². The molecule has 2 fully saturated rings. The Kier molecular flexibility index (Phi) is 3.74. The number of piperidine rings is 1. The summed E-state index contributed by atoms with van der Waals surface area (Å²) in [6, 6.07) is 7.60. The highest BCUT2D eigenvalue weighted by molar-refractivity contribution is 5.45. The number of rotatable bonds is 1. The van der Waals surface area contributed by atoms with Crippen LogP contribution in [0.15, 0.2) is 18.2 Å². The lowest BCUT2D eigenvalue weighted by atomic mass is 9.52. The van der Waals surface area contributed by atoms with E-state index >= 15 is 0 Å². The van der Waals surface area contributed by atoms with Crippen LogP contribution < -0.4 is 10.9 Å². The molecule has 0 spiro atoms.